The molecule has 4 rings (SSSR count). The zero-order valence-electron chi connectivity index (χ0n) is 13.8. The van der Waals surface area contributed by atoms with Gasteiger partial charge in [-0.3, -0.25) is 0 Å². The SMILES string of the molecule is Fc1cnc(N2CCc3nc(CCc4ccccc4)nn3CC2)nc1. The third-order valence-electron chi connectivity index (χ3n) is 4.35. The predicted octanol–water partition coefficient (Wildman–Crippen LogP) is 2.06. The summed E-state index contributed by atoms with van der Waals surface area (Å²) < 4.78 is 14.9. The topological polar surface area (TPSA) is 59.7 Å². The monoisotopic (exact) mass is 338 g/mol. The number of nitrogens with zero attached hydrogens (tertiary/aromatic N) is 6. The van der Waals surface area contributed by atoms with Crippen molar-refractivity contribution >= 4 is 5.95 Å². The van der Waals surface area contributed by atoms with Crippen LogP contribution in [-0.4, -0.2) is 37.8 Å². The van der Waals surface area contributed by atoms with E-state index >= 15 is 0 Å². The van der Waals surface area contributed by atoms with Gasteiger partial charge in [0.25, 0.3) is 0 Å². The van der Waals surface area contributed by atoms with Gasteiger partial charge in [-0.2, -0.15) is 5.10 Å². The number of fused-ring (bicyclic) bond motifs is 1. The molecule has 0 N–H and O–H groups in total. The molecule has 0 amide bonds. The number of aromatic nitrogens is 5. The van der Waals surface area contributed by atoms with Crippen LogP contribution in [0.3, 0.4) is 0 Å². The fourth-order valence-corrected chi connectivity index (χ4v) is 3.03. The van der Waals surface area contributed by atoms with Crippen LogP contribution >= 0.6 is 0 Å². The van der Waals surface area contributed by atoms with Gasteiger partial charge in [-0.25, -0.2) is 24.0 Å². The van der Waals surface area contributed by atoms with Gasteiger partial charge < -0.3 is 4.90 Å². The van der Waals surface area contributed by atoms with Crippen molar-refractivity contribution in [1.29, 1.82) is 0 Å². The number of hydrogen-bond acceptors (Lipinski definition) is 5. The minimum Gasteiger partial charge on any atom is -0.339 e. The van der Waals surface area contributed by atoms with Gasteiger partial charge in [-0.1, -0.05) is 30.3 Å². The van der Waals surface area contributed by atoms with E-state index in [1.54, 1.807) is 0 Å². The molecule has 2 aromatic heterocycles. The van der Waals surface area contributed by atoms with Crippen LogP contribution in [-0.2, 0) is 25.8 Å². The number of benzene rings is 1. The van der Waals surface area contributed by atoms with Gasteiger partial charge in [0.05, 0.1) is 18.9 Å². The highest BCUT2D eigenvalue weighted by atomic mass is 19.1. The van der Waals surface area contributed by atoms with Crippen molar-refractivity contribution in [2.75, 3.05) is 18.0 Å². The van der Waals surface area contributed by atoms with Gasteiger partial charge in [0.1, 0.15) is 5.82 Å². The van der Waals surface area contributed by atoms with Crippen LogP contribution < -0.4 is 4.90 Å². The summed E-state index contributed by atoms with van der Waals surface area (Å²) in [6.07, 6.45) is 4.96. The average molecular weight is 338 g/mol. The molecule has 128 valence electrons. The molecule has 0 aliphatic carbocycles. The standard InChI is InChI=1S/C18H19FN6/c19-15-12-20-18(21-13-15)24-9-8-17-22-16(23-25(17)11-10-24)7-6-14-4-2-1-3-5-14/h1-5,12-13H,6-11H2. The van der Waals surface area contributed by atoms with Crippen LogP contribution in [0.5, 0.6) is 0 Å². The van der Waals surface area contributed by atoms with E-state index in [4.69, 9.17) is 4.98 Å². The molecule has 1 aromatic carbocycles. The maximum atomic E-state index is 13.0. The van der Waals surface area contributed by atoms with Gasteiger partial charge in [0.15, 0.2) is 11.6 Å². The molecule has 25 heavy (non-hydrogen) atoms. The summed E-state index contributed by atoms with van der Waals surface area (Å²) in [7, 11) is 0. The Balaban J connectivity index is 1.40. The summed E-state index contributed by atoms with van der Waals surface area (Å²) in [4.78, 5) is 14.9. The van der Waals surface area contributed by atoms with Crippen LogP contribution in [0.15, 0.2) is 42.7 Å². The maximum Gasteiger partial charge on any atom is 0.225 e. The van der Waals surface area contributed by atoms with Gasteiger partial charge in [0.2, 0.25) is 5.95 Å². The molecule has 1 aliphatic rings. The zero-order valence-corrected chi connectivity index (χ0v) is 13.8. The Kier molecular flexibility index (Phi) is 4.37. The highest BCUT2D eigenvalue weighted by molar-refractivity contribution is 5.29. The van der Waals surface area contributed by atoms with Gasteiger partial charge in [-0.15, -0.1) is 0 Å². The molecule has 6 nitrogen and oxygen atoms in total. The quantitative estimate of drug-likeness (QED) is 0.729. The molecule has 1 aliphatic heterocycles. The first-order valence-corrected chi connectivity index (χ1v) is 8.47. The molecular weight excluding hydrogens is 319 g/mol. The summed E-state index contributed by atoms with van der Waals surface area (Å²) >= 11 is 0. The Morgan fingerprint density at radius 3 is 2.56 bits per heavy atom. The number of aryl methyl sites for hydroxylation is 2. The summed E-state index contributed by atoms with van der Waals surface area (Å²) in [5, 5.41) is 4.65. The first-order chi connectivity index (χ1) is 12.3. The molecule has 0 saturated carbocycles. The summed E-state index contributed by atoms with van der Waals surface area (Å²) in [5.74, 6) is 2.02. The molecule has 0 unspecified atom stereocenters. The molecule has 3 aromatic rings. The van der Waals surface area contributed by atoms with Gasteiger partial charge >= 0.3 is 0 Å². The Morgan fingerprint density at radius 1 is 0.960 bits per heavy atom. The zero-order chi connectivity index (χ0) is 17.1. The third-order valence-corrected chi connectivity index (χ3v) is 4.35. The highest BCUT2D eigenvalue weighted by Gasteiger charge is 2.19. The van der Waals surface area contributed by atoms with E-state index in [0.717, 1.165) is 50.5 Å². The molecule has 0 saturated heterocycles. The second-order valence-electron chi connectivity index (χ2n) is 6.09. The number of hydrogen-bond donors (Lipinski definition) is 0. The molecule has 0 spiro atoms. The van der Waals surface area contributed by atoms with E-state index in [9.17, 15) is 4.39 Å². The van der Waals surface area contributed by atoms with Crippen molar-refractivity contribution in [3.05, 3.63) is 65.8 Å². The maximum absolute atomic E-state index is 13.0. The largest absolute Gasteiger partial charge is 0.339 e. The number of anilines is 1. The van der Waals surface area contributed by atoms with E-state index in [0.29, 0.717) is 5.95 Å². The molecule has 7 heteroatoms. The van der Waals surface area contributed by atoms with Crippen molar-refractivity contribution < 1.29 is 4.39 Å². The Labute approximate surface area is 145 Å². The fraction of sp³-hybridized carbons (Fsp3) is 0.333. The van der Waals surface area contributed by atoms with Gasteiger partial charge in [-0.05, 0) is 12.0 Å². The fourth-order valence-electron chi connectivity index (χ4n) is 3.03. The summed E-state index contributed by atoms with van der Waals surface area (Å²) in [6, 6.07) is 10.4. The van der Waals surface area contributed by atoms with E-state index in [1.165, 1.54) is 18.0 Å². The Hall–Kier alpha value is -2.83. The lowest BCUT2D eigenvalue weighted by atomic mass is 10.1. The lowest BCUT2D eigenvalue weighted by molar-refractivity contribution is 0.593. The highest BCUT2D eigenvalue weighted by Crippen LogP contribution is 2.13. The smallest absolute Gasteiger partial charge is 0.225 e. The van der Waals surface area contributed by atoms with Crippen molar-refractivity contribution in [2.45, 2.75) is 25.8 Å². The van der Waals surface area contributed by atoms with Crippen LogP contribution in [0.25, 0.3) is 0 Å². The minimum absolute atomic E-state index is 0.420. The third kappa shape index (κ3) is 3.65. The van der Waals surface area contributed by atoms with Crippen molar-refractivity contribution in [3.63, 3.8) is 0 Å². The Morgan fingerprint density at radius 2 is 1.76 bits per heavy atom. The second kappa shape index (κ2) is 6.96. The van der Waals surface area contributed by atoms with Crippen LogP contribution in [0.1, 0.15) is 17.2 Å². The number of halogens is 1. The molecule has 0 fully saturated rings. The Bertz CT molecular complexity index is 805. The molecule has 0 radical (unpaired) electrons. The summed E-state index contributed by atoms with van der Waals surface area (Å²) in [5.41, 5.74) is 1.30. The van der Waals surface area contributed by atoms with Crippen LogP contribution in [0.4, 0.5) is 10.3 Å². The lowest BCUT2D eigenvalue weighted by Crippen LogP contribution is -2.28. The summed E-state index contributed by atoms with van der Waals surface area (Å²) in [6.45, 7) is 2.22. The van der Waals surface area contributed by atoms with E-state index in [1.807, 2.05) is 15.6 Å². The molecule has 0 bridgehead atoms. The number of rotatable bonds is 4. The van der Waals surface area contributed by atoms with E-state index in [-0.39, 0.29) is 0 Å². The first-order valence-electron chi connectivity index (χ1n) is 8.47. The molecule has 3 heterocycles. The van der Waals surface area contributed by atoms with Crippen LogP contribution in [0.2, 0.25) is 0 Å². The van der Waals surface area contributed by atoms with E-state index in [2.05, 4.69) is 39.3 Å². The average Bonchev–Trinajstić information content (AvgIpc) is 2.94. The normalized spacial score (nSPS) is 14.2. The second-order valence-corrected chi connectivity index (χ2v) is 6.09. The van der Waals surface area contributed by atoms with Gasteiger partial charge in [0, 0.05) is 25.9 Å². The van der Waals surface area contributed by atoms with Crippen molar-refractivity contribution in [2.24, 2.45) is 0 Å². The van der Waals surface area contributed by atoms with E-state index < -0.39 is 5.82 Å². The first kappa shape index (κ1) is 15.7. The predicted molar refractivity (Wildman–Crippen MR) is 91.8 cm³/mol. The molecular formula is C18H19FN6. The lowest BCUT2D eigenvalue weighted by Gasteiger charge is -2.19. The van der Waals surface area contributed by atoms with Crippen molar-refractivity contribution in [3.8, 4) is 0 Å². The van der Waals surface area contributed by atoms with Crippen molar-refractivity contribution in [1.82, 2.24) is 24.7 Å². The molecule has 0 atom stereocenters. The van der Waals surface area contributed by atoms with Crippen LogP contribution in [0, 0.1) is 5.82 Å². The minimum atomic E-state index is -0.420.